The molecule has 0 radical (unpaired) electrons. The van der Waals surface area contributed by atoms with E-state index in [1.54, 1.807) is 0 Å². The molecule has 1 fully saturated rings. The van der Waals surface area contributed by atoms with Crippen LogP contribution in [0.15, 0.2) is 30.3 Å². The third-order valence-corrected chi connectivity index (χ3v) is 3.34. The second-order valence-electron chi connectivity index (χ2n) is 5.06. The van der Waals surface area contributed by atoms with Gasteiger partial charge in [0.25, 0.3) is 0 Å². The van der Waals surface area contributed by atoms with Gasteiger partial charge in [0.2, 0.25) is 0 Å². The fourth-order valence-electron chi connectivity index (χ4n) is 1.88. The van der Waals surface area contributed by atoms with Crippen LogP contribution >= 0.6 is 0 Å². The van der Waals surface area contributed by atoms with Crippen LogP contribution < -0.4 is 0 Å². The molecule has 0 N–H and O–H groups in total. The molecule has 1 saturated carbocycles. The Kier molecular flexibility index (Phi) is 2.99. The van der Waals surface area contributed by atoms with E-state index in [1.807, 2.05) is 44.2 Å². The Labute approximate surface area is 96.6 Å². The highest BCUT2D eigenvalue weighted by atomic mass is 16.5. The van der Waals surface area contributed by atoms with Gasteiger partial charge in [-0.1, -0.05) is 30.3 Å². The maximum Gasteiger partial charge on any atom is 0.312 e. The first kappa shape index (κ1) is 11.2. The molecule has 0 aliphatic heterocycles. The van der Waals surface area contributed by atoms with Crippen LogP contribution in [0.3, 0.4) is 0 Å². The van der Waals surface area contributed by atoms with Crippen LogP contribution in [0.25, 0.3) is 0 Å². The van der Waals surface area contributed by atoms with Crippen LogP contribution in [0.5, 0.6) is 0 Å². The minimum atomic E-state index is -0.311. The Morgan fingerprint density at radius 1 is 1.31 bits per heavy atom. The molecule has 0 spiro atoms. The topological polar surface area (TPSA) is 26.3 Å². The molecule has 0 atom stereocenters. The van der Waals surface area contributed by atoms with Gasteiger partial charge in [0.1, 0.15) is 6.61 Å². The van der Waals surface area contributed by atoms with Crippen molar-refractivity contribution in [2.45, 2.75) is 33.3 Å². The molecule has 1 aliphatic carbocycles. The predicted molar refractivity (Wildman–Crippen MR) is 62.7 cm³/mol. The smallest absolute Gasteiger partial charge is 0.312 e. The zero-order valence-electron chi connectivity index (χ0n) is 9.90. The number of carbonyl (C=O) groups excluding carboxylic acids is 1. The molecular weight excluding hydrogens is 200 g/mol. The van der Waals surface area contributed by atoms with Gasteiger partial charge >= 0.3 is 5.97 Å². The number of benzene rings is 1. The molecule has 0 unspecified atom stereocenters. The van der Waals surface area contributed by atoms with Crippen LogP contribution in [-0.2, 0) is 16.1 Å². The van der Waals surface area contributed by atoms with Crippen molar-refractivity contribution in [1.82, 2.24) is 0 Å². The van der Waals surface area contributed by atoms with E-state index in [9.17, 15) is 4.79 Å². The molecule has 0 amide bonds. The van der Waals surface area contributed by atoms with Crippen molar-refractivity contribution in [2.24, 2.45) is 11.3 Å². The van der Waals surface area contributed by atoms with Gasteiger partial charge in [-0.15, -0.1) is 0 Å². The summed E-state index contributed by atoms with van der Waals surface area (Å²) in [4.78, 5) is 11.9. The van der Waals surface area contributed by atoms with Crippen molar-refractivity contribution in [3.63, 3.8) is 0 Å². The minimum absolute atomic E-state index is 0.0705. The number of ether oxygens (including phenoxy) is 1. The van der Waals surface area contributed by atoms with E-state index >= 15 is 0 Å². The van der Waals surface area contributed by atoms with Crippen LogP contribution in [0.4, 0.5) is 0 Å². The van der Waals surface area contributed by atoms with E-state index in [0.717, 1.165) is 18.4 Å². The van der Waals surface area contributed by atoms with Crippen LogP contribution in [-0.4, -0.2) is 5.97 Å². The summed E-state index contributed by atoms with van der Waals surface area (Å²) in [5.41, 5.74) is 0.733. The zero-order valence-corrected chi connectivity index (χ0v) is 9.90. The predicted octanol–water partition coefficient (Wildman–Crippen LogP) is 3.17. The second kappa shape index (κ2) is 4.28. The monoisotopic (exact) mass is 218 g/mol. The Balaban J connectivity index is 1.88. The summed E-state index contributed by atoms with van der Waals surface area (Å²) in [5, 5.41) is 0. The summed E-state index contributed by atoms with van der Waals surface area (Å²) < 4.78 is 5.36. The standard InChI is InChI=1S/C14H18O2/c1-14(2,12-8-9-12)13(15)16-10-11-6-4-3-5-7-11/h3-7,12H,8-10H2,1-2H3. The zero-order chi connectivity index (χ0) is 11.6. The van der Waals surface area contributed by atoms with Crippen molar-refractivity contribution in [2.75, 3.05) is 0 Å². The minimum Gasteiger partial charge on any atom is -0.460 e. The molecule has 0 bridgehead atoms. The average Bonchev–Trinajstić information content (AvgIpc) is 3.11. The highest BCUT2D eigenvalue weighted by Gasteiger charge is 2.44. The summed E-state index contributed by atoms with van der Waals surface area (Å²) >= 11 is 0. The first-order chi connectivity index (χ1) is 7.60. The highest BCUT2D eigenvalue weighted by Crippen LogP contribution is 2.45. The molecule has 0 saturated heterocycles. The van der Waals surface area contributed by atoms with Crippen molar-refractivity contribution in [3.05, 3.63) is 35.9 Å². The number of rotatable bonds is 4. The summed E-state index contributed by atoms with van der Waals surface area (Å²) in [5.74, 6) is 0.453. The fraction of sp³-hybridized carbons (Fsp3) is 0.500. The largest absolute Gasteiger partial charge is 0.460 e. The van der Waals surface area contributed by atoms with E-state index in [0.29, 0.717) is 12.5 Å². The maximum atomic E-state index is 11.9. The molecule has 1 aliphatic rings. The molecule has 0 aromatic heterocycles. The molecule has 2 nitrogen and oxygen atoms in total. The lowest BCUT2D eigenvalue weighted by Crippen LogP contribution is -2.28. The van der Waals surface area contributed by atoms with Crippen molar-refractivity contribution in [1.29, 1.82) is 0 Å². The second-order valence-corrected chi connectivity index (χ2v) is 5.06. The van der Waals surface area contributed by atoms with Crippen LogP contribution in [0.2, 0.25) is 0 Å². The summed E-state index contributed by atoms with van der Waals surface area (Å²) in [6.07, 6.45) is 2.32. The number of carbonyl (C=O) groups is 1. The van der Waals surface area contributed by atoms with Crippen LogP contribution in [0, 0.1) is 11.3 Å². The number of hydrogen-bond acceptors (Lipinski definition) is 2. The lowest BCUT2D eigenvalue weighted by molar-refractivity contribution is -0.156. The fourth-order valence-corrected chi connectivity index (χ4v) is 1.88. The van der Waals surface area contributed by atoms with Gasteiger partial charge in [-0.25, -0.2) is 0 Å². The quantitative estimate of drug-likeness (QED) is 0.725. The summed E-state index contributed by atoms with van der Waals surface area (Å²) in [7, 11) is 0. The molecule has 0 heterocycles. The van der Waals surface area contributed by atoms with Gasteiger partial charge in [0, 0.05) is 0 Å². The summed E-state index contributed by atoms with van der Waals surface area (Å²) in [6, 6.07) is 9.80. The molecule has 2 rings (SSSR count). The van der Waals surface area contributed by atoms with Gasteiger partial charge in [-0.2, -0.15) is 0 Å². The van der Waals surface area contributed by atoms with Gasteiger partial charge < -0.3 is 4.74 Å². The number of hydrogen-bond donors (Lipinski definition) is 0. The Bertz CT molecular complexity index is 364. The van der Waals surface area contributed by atoms with Gasteiger partial charge in [0.05, 0.1) is 5.41 Å². The van der Waals surface area contributed by atoms with E-state index in [-0.39, 0.29) is 11.4 Å². The lowest BCUT2D eigenvalue weighted by atomic mass is 9.88. The highest BCUT2D eigenvalue weighted by molar-refractivity contribution is 5.76. The molecular formula is C14H18O2. The Morgan fingerprint density at radius 3 is 2.50 bits per heavy atom. The maximum absolute atomic E-state index is 11.9. The van der Waals surface area contributed by atoms with Gasteiger partial charge in [-0.3, -0.25) is 4.79 Å². The normalized spacial score (nSPS) is 15.9. The first-order valence-corrected chi connectivity index (χ1v) is 5.82. The SMILES string of the molecule is CC(C)(C(=O)OCc1ccccc1)C1CC1. The van der Waals surface area contributed by atoms with E-state index in [2.05, 4.69) is 0 Å². The first-order valence-electron chi connectivity index (χ1n) is 5.82. The van der Waals surface area contributed by atoms with Crippen molar-refractivity contribution < 1.29 is 9.53 Å². The lowest BCUT2D eigenvalue weighted by Gasteiger charge is -2.21. The molecule has 86 valence electrons. The third-order valence-electron chi connectivity index (χ3n) is 3.34. The third kappa shape index (κ3) is 2.43. The molecule has 1 aromatic rings. The summed E-state index contributed by atoms with van der Waals surface area (Å²) in [6.45, 7) is 4.35. The van der Waals surface area contributed by atoms with Crippen LogP contribution in [0.1, 0.15) is 32.3 Å². The van der Waals surface area contributed by atoms with Gasteiger partial charge in [0.15, 0.2) is 0 Å². The molecule has 1 aromatic carbocycles. The van der Waals surface area contributed by atoms with E-state index < -0.39 is 0 Å². The van der Waals surface area contributed by atoms with E-state index in [4.69, 9.17) is 4.74 Å². The van der Waals surface area contributed by atoms with Gasteiger partial charge in [-0.05, 0) is 38.2 Å². The van der Waals surface area contributed by atoms with Crippen molar-refractivity contribution in [3.8, 4) is 0 Å². The molecule has 16 heavy (non-hydrogen) atoms. The molecule has 2 heteroatoms. The van der Waals surface area contributed by atoms with Crippen molar-refractivity contribution >= 4 is 5.97 Å². The number of esters is 1. The Morgan fingerprint density at radius 2 is 1.94 bits per heavy atom. The average molecular weight is 218 g/mol. The van der Waals surface area contributed by atoms with E-state index in [1.165, 1.54) is 0 Å². The Hall–Kier alpha value is -1.31.